The Morgan fingerprint density at radius 2 is 2.04 bits per heavy atom. The van der Waals surface area contributed by atoms with Gasteiger partial charge in [-0.1, -0.05) is 35.9 Å². The highest BCUT2D eigenvalue weighted by Crippen LogP contribution is 2.28. The maximum atomic E-state index is 12.4. The molecule has 0 aliphatic heterocycles. The van der Waals surface area contributed by atoms with E-state index in [1.165, 1.54) is 0 Å². The second-order valence-corrected chi connectivity index (χ2v) is 5.50. The van der Waals surface area contributed by atoms with E-state index in [-0.39, 0.29) is 12.3 Å². The van der Waals surface area contributed by atoms with Gasteiger partial charge in [-0.15, -0.1) is 0 Å². The van der Waals surface area contributed by atoms with Crippen LogP contribution in [0.5, 0.6) is 5.75 Å². The van der Waals surface area contributed by atoms with Crippen LogP contribution >= 0.6 is 11.6 Å². The van der Waals surface area contributed by atoms with Crippen molar-refractivity contribution >= 4 is 34.1 Å². The molecule has 2 aromatic carbocycles. The number of amides is 1. The number of methoxy groups -OCH3 is 1. The SMILES string of the molecule is COc1ccc(Cl)cc1NC(=O)Cc1cccc2cccnc12. The Morgan fingerprint density at radius 3 is 2.87 bits per heavy atom. The largest absolute Gasteiger partial charge is 0.495 e. The first-order valence-electron chi connectivity index (χ1n) is 7.13. The van der Waals surface area contributed by atoms with Gasteiger partial charge in [-0.05, 0) is 29.8 Å². The summed E-state index contributed by atoms with van der Waals surface area (Å²) in [5.41, 5.74) is 2.27. The van der Waals surface area contributed by atoms with Gasteiger partial charge in [-0.25, -0.2) is 0 Å². The van der Waals surface area contributed by atoms with E-state index in [0.717, 1.165) is 16.5 Å². The highest BCUT2D eigenvalue weighted by atomic mass is 35.5. The number of fused-ring (bicyclic) bond motifs is 1. The lowest BCUT2D eigenvalue weighted by Crippen LogP contribution is -2.15. The molecule has 23 heavy (non-hydrogen) atoms. The van der Waals surface area contributed by atoms with Crippen LogP contribution in [0.1, 0.15) is 5.56 Å². The number of pyridine rings is 1. The predicted octanol–water partition coefficient (Wildman–Crippen LogP) is 4.08. The maximum absolute atomic E-state index is 12.4. The number of benzene rings is 2. The molecule has 0 aliphatic rings. The third-order valence-corrected chi connectivity index (χ3v) is 3.74. The summed E-state index contributed by atoms with van der Waals surface area (Å²) in [7, 11) is 1.55. The van der Waals surface area contributed by atoms with Crippen LogP contribution in [0.2, 0.25) is 5.02 Å². The molecule has 0 radical (unpaired) electrons. The van der Waals surface area contributed by atoms with Crippen molar-refractivity contribution in [1.82, 2.24) is 4.98 Å². The summed E-state index contributed by atoms with van der Waals surface area (Å²) >= 11 is 5.98. The van der Waals surface area contributed by atoms with E-state index in [1.807, 2.05) is 30.3 Å². The third kappa shape index (κ3) is 3.43. The number of anilines is 1. The van der Waals surface area contributed by atoms with E-state index < -0.39 is 0 Å². The van der Waals surface area contributed by atoms with Crippen molar-refractivity contribution in [1.29, 1.82) is 0 Å². The summed E-state index contributed by atoms with van der Waals surface area (Å²) in [5, 5.41) is 4.39. The van der Waals surface area contributed by atoms with E-state index >= 15 is 0 Å². The van der Waals surface area contributed by atoms with Crippen molar-refractivity contribution in [3.05, 3.63) is 65.3 Å². The first-order chi connectivity index (χ1) is 11.2. The van der Waals surface area contributed by atoms with E-state index in [2.05, 4.69) is 10.3 Å². The van der Waals surface area contributed by atoms with Gasteiger partial charge in [0.2, 0.25) is 5.91 Å². The molecule has 5 heteroatoms. The van der Waals surface area contributed by atoms with E-state index in [0.29, 0.717) is 16.5 Å². The molecular weight excluding hydrogens is 312 g/mol. The Hall–Kier alpha value is -2.59. The zero-order chi connectivity index (χ0) is 16.2. The van der Waals surface area contributed by atoms with Crippen molar-refractivity contribution in [2.75, 3.05) is 12.4 Å². The van der Waals surface area contributed by atoms with Crippen molar-refractivity contribution < 1.29 is 9.53 Å². The summed E-state index contributed by atoms with van der Waals surface area (Å²) < 4.78 is 5.24. The van der Waals surface area contributed by atoms with Crippen molar-refractivity contribution in [2.45, 2.75) is 6.42 Å². The molecule has 0 spiro atoms. The number of rotatable bonds is 4. The summed E-state index contributed by atoms with van der Waals surface area (Å²) in [6.45, 7) is 0. The number of hydrogen-bond donors (Lipinski definition) is 1. The minimum atomic E-state index is -0.149. The van der Waals surface area contributed by atoms with E-state index in [1.54, 1.807) is 31.5 Å². The number of carbonyl (C=O) groups excluding carboxylic acids is 1. The molecule has 4 nitrogen and oxygen atoms in total. The molecule has 3 aromatic rings. The molecule has 0 bridgehead atoms. The van der Waals surface area contributed by atoms with Crippen LogP contribution in [-0.4, -0.2) is 18.0 Å². The van der Waals surface area contributed by atoms with Gasteiger partial charge in [-0.2, -0.15) is 0 Å². The lowest BCUT2D eigenvalue weighted by molar-refractivity contribution is -0.115. The molecule has 1 N–H and O–H groups in total. The number of nitrogens with zero attached hydrogens (tertiary/aromatic N) is 1. The first kappa shape index (κ1) is 15.3. The molecule has 1 aromatic heterocycles. The standard InChI is InChI=1S/C18H15ClN2O2/c1-23-16-8-7-14(19)11-15(16)21-17(22)10-13-5-2-4-12-6-3-9-20-18(12)13/h2-9,11H,10H2,1H3,(H,21,22). The smallest absolute Gasteiger partial charge is 0.228 e. The Morgan fingerprint density at radius 1 is 1.22 bits per heavy atom. The highest BCUT2D eigenvalue weighted by Gasteiger charge is 2.11. The van der Waals surface area contributed by atoms with Gasteiger partial charge < -0.3 is 10.1 Å². The molecule has 116 valence electrons. The number of carbonyl (C=O) groups is 1. The van der Waals surface area contributed by atoms with Gasteiger partial charge >= 0.3 is 0 Å². The summed E-state index contributed by atoms with van der Waals surface area (Å²) in [6.07, 6.45) is 1.95. The number of halogens is 1. The Bertz CT molecular complexity index is 859. The Balaban J connectivity index is 1.83. The van der Waals surface area contributed by atoms with Gasteiger partial charge in [0.1, 0.15) is 5.75 Å². The quantitative estimate of drug-likeness (QED) is 0.786. The molecule has 0 fully saturated rings. The minimum Gasteiger partial charge on any atom is -0.495 e. The van der Waals surface area contributed by atoms with Gasteiger partial charge in [-0.3, -0.25) is 9.78 Å². The monoisotopic (exact) mass is 326 g/mol. The van der Waals surface area contributed by atoms with Crippen molar-refractivity contribution in [3.63, 3.8) is 0 Å². The average Bonchev–Trinajstić information content (AvgIpc) is 2.55. The first-order valence-corrected chi connectivity index (χ1v) is 7.51. The van der Waals surface area contributed by atoms with Gasteiger partial charge in [0.15, 0.2) is 0 Å². The zero-order valence-electron chi connectivity index (χ0n) is 12.5. The third-order valence-electron chi connectivity index (χ3n) is 3.50. The fourth-order valence-electron chi connectivity index (χ4n) is 2.46. The summed E-state index contributed by atoms with van der Waals surface area (Å²) in [6, 6.07) is 14.8. The van der Waals surface area contributed by atoms with Crippen LogP contribution < -0.4 is 10.1 Å². The lowest BCUT2D eigenvalue weighted by Gasteiger charge is -2.11. The van der Waals surface area contributed by atoms with Crippen LogP contribution in [0, 0.1) is 0 Å². The van der Waals surface area contributed by atoms with Crippen LogP contribution in [0.25, 0.3) is 10.9 Å². The molecule has 0 saturated carbocycles. The fourth-order valence-corrected chi connectivity index (χ4v) is 2.63. The lowest BCUT2D eigenvalue weighted by atomic mass is 10.1. The predicted molar refractivity (Wildman–Crippen MR) is 92.1 cm³/mol. The molecule has 0 saturated heterocycles. The highest BCUT2D eigenvalue weighted by molar-refractivity contribution is 6.31. The fraction of sp³-hybridized carbons (Fsp3) is 0.111. The molecule has 0 aliphatic carbocycles. The number of ether oxygens (including phenoxy) is 1. The van der Waals surface area contributed by atoms with Crippen molar-refractivity contribution in [2.24, 2.45) is 0 Å². The summed E-state index contributed by atoms with van der Waals surface area (Å²) in [4.78, 5) is 16.7. The minimum absolute atomic E-state index is 0.149. The Labute approximate surface area is 139 Å². The molecule has 1 heterocycles. The van der Waals surface area contributed by atoms with Crippen molar-refractivity contribution in [3.8, 4) is 5.75 Å². The molecular formula is C18H15ClN2O2. The molecule has 0 unspecified atom stereocenters. The second-order valence-electron chi connectivity index (χ2n) is 5.06. The van der Waals surface area contributed by atoms with Gasteiger partial charge in [0.25, 0.3) is 0 Å². The number of nitrogens with one attached hydrogen (secondary N) is 1. The van der Waals surface area contributed by atoms with Gasteiger partial charge in [0, 0.05) is 16.6 Å². The molecule has 1 amide bonds. The topological polar surface area (TPSA) is 51.2 Å². The zero-order valence-corrected chi connectivity index (χ0v) is 13.3. The number of hydrogen-bond acceptors (Lipinski definition) is 3. The Kier molecular flexibility index (Phi) is 4.44. The summed E-state index contributed by atoms with van der Waals surface area (Å²) in [5.74, 6) is 0.419. The number of para-hydroxylation sites is 1. The molecule has 3 rings (SSSR count). The molecule has 0 atom stereocenters. The van der Waals surface area contributed by atoms with Crippen LogP contribution in [-0.2, 0) is 11.2 Å². The average molecular weight is 327 g/mol. The maximum Gasteiger partial charge on any atom is 0.228 e. The number of aromatic nitrogens is 1. The normalized spacial score (nSPS) is 10.5. The van der Waals surface area contributed by atoms with E-state index in [4.69, 9.17) is 16.3 Å². The van der Waals surface area contributed by atoms with Crippen LogP contribution in [0.15, 0.2) is 54.7 Å². The van der Waals surface area contributed by atoms with Gasteiger partial charge in [0.05, 0.1) is 24.7 Å². The van der Waals surface area contributed by atoms with E-state index in [9.17, 15) is 4.79 Å². The second kappa shape index (κ2) is 6.67. The van der Waals surface area contributed by atoms with Crippen LogP contribution in [0.3, 0.4) is 0 Å². The van der Waals surface area contributed by atoms with Crippen LogP contribution in [0.4, 0.5) is 5.69 Å².